The van der Waals surface area contributed by atoms with Crippen molar-refractivity contribution in [2.24, 2.45) is 18.7 Å². The quantitative estimate of drug-likeness (QED) is 0.659. The Kier molecular flexibility index (Phi) is 4.49. The molecule has 0 aliphatic heterocycles. The summed E-state index contributed by atoms with van der Waals surface area (Å²) in [7, 11) is -1.92. The molecule has 8 heteroatoms. The number of nitrogens with one attached hydrogen (secondary N) is 2. The summed E-state index contributed by atoms with van der Waals surface area (Å²) in [6.45, 7) is 4.47. The molecule has 0 aromatic carbocycles. The lowest BCUT2D eigenvalue weighted by atomic mass is 10.2. The summed E-state index contributed by atoms with van der Waals surface area (Å²) in [4.78, 5) is 0. The fraction of sp³-hybridized carbons (Fsp3) is 0.667. The maximum Gasteiger partial charge on any atom is 0.300 e. The number of nitrogens with zero attached hydrogens (tertiary/aromatic N) is 2. The van der Waals surface area contributed by atoms with Crippen LogP contribution in [0.2, 0.25) is 0 Å². The molecule has 7 nitrogen and oxygen atoms in total. The van der Waals surface area contributed by atoms with Gasteiger partial charge in [0.05, 0.1) is 6.20 Å². The molecule has 0 spiro atoms. The summed E-state index contributed by atoms with van der Waals surface area (Å²) in [5.41, 5.74) is 6.15. The molecule has 0 amide bonds. The highest BCUT2D eigenvalue weighted by Crippen LogP contribution is 2.14. The molecule has 1 aromatic rings. The van der Waals surface area contributed by atoms with Crippen molar-refractivity contribution < 1.29 is 8.42 Å². The third-order valence-electron chi connectivity index (χ3n) is 2.15. The largest absolute Gasteiger partial charge is 0.326 e. The van der Waals surface area contributed by atoms with E-state index in [9.17, 15) is 8.42 Å². The van der Waals surface area contributed by atoms with Gasteiger partial charge in [-0.15, -0.1) is 0 Å². The molecule has 0 radical (unpaired) electrons. The van der Waals surface area contributed by atoms with Gasteiger partial charge in [-0.3, -0.25) is 9.40 Å². The molecule has 1 rings (SSSR count). The second-order valence-electron chi connectivity index (χ2n) is 4.19. The summed E-state index contributed by atoms with van der Waals surface area (Å²) in [5.74, 6) is 0.635. The van der Waals surface area contributed by atoms with E-state index < -0.39 is 10.2 Å². The Morgan fingerprint density at radius 3 is 2.71 bits per heavy atom. The van der Waals surface area contributed by atoms with E-state index in [1.165, 1.54) is 4.68 Å². The number of rotatable bonds is 6. The average Bonchev–Trinajstić information content (AvgIpc) is 2.57. The van der Waals surface area contributed by atoms with Crippen molar-refractivity contribution in [2.75, 3.05) is 11.3 Å². The maximum atomic E-state index is 11.7. The van der Waals surface area contributed by atoms with Gasteiger partial charge in [-0.2, -0.15) is 18.2 Å². The molecule has 0 saturated heterocycles. The molecule has 17 heavy (non-hydrogen) atoms. The molecule has 0 aliphatic rings. The van der Waals surface area contributed by atoms with Gasteiger partial charge >= 0.3 is 0 Å². The van der Waals surface area contributed by atoms with Crippen molar-refractivity contribution in [1.82, 2.24) is 14.5 Å². The van der Waals surface area contributed by atoms with Crippen LogP contribution < -0.4 is 15.2 Å². The van der Waals surface area contributed by atoms with Crippen LogP contribution in [0.3, 0.4) is 0 Å². The predicted octanol–water partition coefficient (Wildman–Crippen LogP) is -0.219. The van der Waals surface area contributed by atoms with E-state index >= 15 is 0 Å². The number of aryl methyl sites for hydroxylation is 1. The van der Waals surface area contributed by atoms with Crippen LogP contribution >= 0.6 is 0 Å². The summed E-state index contributed by atoms with van der Waals surface area (Å²) < 4.78 is 29.8. The third-order valence-corrected chi connectivity index (χ3v) is 3.16. The van der Waals surface area contributed by atoms with Gasteiger partial charge in [-0.1, -0.05) is 13.8 Å². The highest BCUT2D eigenvalue weighted by atomic mass is 32.2. The van der Waals surface area contributed by atoms with Crippen molar-refractivity contribution in [2.45, 2.75) is 20.4 Å². The number of hydrogen-bond acceptors (Lipinski definition) is 4. The Morgan fingerprint density at radius 1 is 1.53 bits per heavy atom. The fourth-order valence-corrected chi connectivity index (χ4v) is 2.35. The Labute approximate surface area is 102 Å². The SMILES string of the molecule is CC(C)CNS(=O)(=O)Nc1c(CN)cnn1C. The Hall–Kier alpha value is -1.12. The summed E-state index contributed by atoms with van der Waals surface area (Å²) >= 11 is 0. The molecule has 1 aromatic heterocycles. The van der Waals surface area contributed by atoms with E-state index in [0.29, 0.717) is 17.9 Å². The molecular weight excluding hydrogens is 242 g/mol. The minimum absolute atomic E-state index is 0.232. The first-order valence-electron chi connectivity index (χ1n) is 5.34. The maximum absolute atomic E-state index is 11.7. The van der Waals surface area contributed by atoms with Gasteiger partial charge < -0.3 is 5.73 Å². The van der Waals surface area contributed by atoms with E-state index in [2.05, 4.69) is 14.5 Å². The van der Waals surface area contributed by atoms with Gasteiger partial charge in [0, 0.05) is 25.7 Å². The molecule has 0 aliphatic carbocycles. The first kappa shape index (κ1) is 13.9. The molecule has 4 N–H and O–H groups in total. The zero-order valence-electron chi connectivity index (χ0n) is 10.3. The van der Waals surface area contributed by atoms with Gasteiger partial charge in [0.25, 0.3) is 10.2 Å². The minimum atomic E-state index is -3.57. The molecule has 1 heterocycles. The van der Waals surface area contributed by atoms with Crippen molar-refractivity contribution >= 4 is 16.0 Å². The predicted molar refractivity (Wildman–Crippen MR) is 66.5 cm³/mol. The van der Waals surface area contributed by atoms with E-state index in [4.69, 9.17) is 5.73 Å². The molecule has 0 fully saturated rings. The first-order valence-corrected chi connectivity index (χ1v) is 6.82. The van der Waals surface area contributed by atoms with E-state index in [1.54, 1.807) is 13.2 Å². The zero-order chi connectivity index (χ0) is 13.1. The van der Waals surface area contributed by atoms with Crippen LogP contribution in [0, 0.1) is 5.92 Å². The normalized spacial score (nSPS) is 12.1. The van der Waals surface area contributed by atoms with E-state index in [1.807, 2.05) is 13.8 Å². The minimum Gasteiger partial charge on any atom is -0.326 e. The second-order valence-corrected chi connectivity index (χ2v) is 5.69. The van der Waals surface area contributed by atoms with Gasteiger partial charge in [-0.25, -0.2) is 0 Å². The van der Waals surface area contributed by atoms with Crippen LogP contribution in [0.25, 0.3) is 0 Å². The Balaban J connectivity index is 2.79. The highest BCUT2D eigenvalue weighted by Gasteiger charge is 2.15. The summed E-state index contributed by atoms with van der Waals surface area (Å²) in [5, 5.41) is 3.95. The van der Waals surface area contributed by atoms with Gasteiger partial charge in [0.15, 0.2) is 0 Å². The van der Waals surface area contributed by atoms with Crippen molar-refractivity contribution in [3.8, 4) is 0 Å². The van der Waals surface area contributed by atoms with E-state index in [0.717, 1.165) is 0 Å². The standard InChI is InChI=1S/C9H19N5O2S/c1-7(2)5-12-17(15,16)13-9-8(4-10)6-11-14(9)3/h6-7,12-13H,4-5,10H2,1-3H3. The summed E-state index contributed by atoms with van der Waals surface area (Å²) in [6.07, 6.45) is 1.54. The number of anilines is 1. The lowest BCUT2D eigenvalue weighted by Crippen LogP contribution is -2.33. The fourth-order valence-electron chi connectivity index (χ4n) is 1.20. The lowest BCUT2D eigenvalue weighted by molar-refractivity contribution is 0.564. The average molecular weight is 261 g/mol. The molecule has 0 bridgehead atoms. The zero-order valence-corrected chi connectivity index (χ0v) is 11.1. The van der Waals surface area contributed by atoms with Crippen molar-refractivity contribution in [3.05, 3.63) is 11.8 Å². The Bertz CT molecular complexity index is 466. The number of aromatic nitrogens is 2. The van der Waals surface area contributed by atoms with Gasteiger partial charge in [0.2, 0.25) is 0 Å². The van der Waals surface area contributed by atoms with Crippen LogP contribution in [-0.2, 0) is 23.8 Å². The smallest absolute Gasteiger partial charge is 0.300 e. The van der Waals surface area contributed by atoms with Crippen LogP contribution in [0.15, 0.2) is 6.20 Å². The topological polar surface area (TPSA) is 102 Å². The van der Waals surface area contributed by atoms with Gasteiger partial charge in [-0.05, 0) is 5.92 Å². The molecule has 0 atom stereocenters. The van der Waals surface area contributed by atoms with Crippen molar-refractivity contribution in [3.63, 3.8) is 0 Å². The van der Waals surface area contributed by atoms with Crippen LogP contribution in [0.4, 0.5) is 5.82 Å². The summed E-state index contributed by atoms with van der Waals surface area (Å²) in [6, 6.07) is 0. The van der Waals surface area contributed by atoms with Crippen LogP contribution in [-0.4, -0.2) is 24.7 Å². The van der Waals surface area contributed by atoms with Crippen molar-refractivity contribution in [1.29, 1.82) is 0 Å². The highest BCUT2D eigenvalue weighted by molar-refractivity contribution is 7.90. The van der Waals surface area contributed by atoms with Gasteiger partial charge in [0.1, 0.15) is 5.82 Å². The molecule has 0 unspecified atom stereocenters. The molecule has 0 saturated carbocycles. The third kappa shape index (κ3) is 3.99. The monoisotopic (exact) mass is 261 g/mol. The van der Waals surface area contributed by atoms with Crippen LogP contribution in [0.5, 0.6) is 0 Å². The molecule has 98 valence electrons. The number of nitrogens with two attached hydrogens (primary N) is 1. The van der Waals surface area contributed by atoms with Crippen LogP contribution in [0.1, 0.15) is 19.4 Å². The number of hydrogen-bond donors (Lipinski definition) is 3. The van der Waals surface area contributed by atoms with E-state index in [-0.39, 0.29) is 12.5 Å². The molecular formula is C9H19N5O2S. The first-order chi connectivity index (χ1) is 7.85. The Morgan fingerprint density at radius 2 is 2.18 bits per heavy atom. The lowest BCUT2D eigenvalue weighted by Gasteiger charge is -2.12. The second kappa shape index (κ2) is 5.48.